The summed E-state index contributed by atoms with van der Waals surface area (Å²) in [5.41, 5.74) is 0.244. The first-order valence-corrected chi connectivity index (χ1v) is 12.5. The van der Waals surface area contributed by atoms with Gasteiger partial charge in [-0.15, -0.1) is 5.10 Å². The molecule has 0 radical (unpaired) electrons. The fraction of sp³-hybridized carbons (Fsp3) is 0.550. The van der Waals surface area contributed by atoms with Crippen molar-refractivity contribution in [3.05, 3.63) is 40.1 Å². The molecule has 1 aliphatic heterocycles. The molecule has 1 saturated heterocycles. The van der Waals surface area contributed by atoms with Crippen LogP contribution in [0.15, 0.2) is 29.7 Å². The van der Waals surface area contributed by atoms with E-state index in [1.165, 1.54) is 28.2 Å². The molecule has 2 aliphatic rings. The van der Waals surface area contributed by atoms with Gasteiger partial charge in [-0.3, -0.25) is 9.48 Å². The lowest BCUT2D eigenvalue weighted by molar-refractivity contribution is 0.0871. The van der Waals surface area contributed by atoms with E-state index in [0.29, 0.717) is 54.0 Å². The van der Waals surface area contributed by atoms with Crippen molar-refractivity contribution in [3.8, 4) is 0 Å². The fourth-order valence-electron chi connectivity index (χ4n) is 4.18. The minimum atomic E-state index is -3.72. The number of piperidine rings is 1. The van der Waals surface area contributed by atoms with Gasteiger partial charge in [0.05, 0.1) is 10.6 Å². The molecule has 168 valence electrons. The highest BCUT2D eigenvalue weighted by Crippen LogP contribution is 2.46. The number of aromatic nitrogens is 3. The second-order valence-corrected chi connectivity index (χ2v) is 11.2. The van der Waals surface area contributed by atoms with Gasteiger partial charge in [0.2, 0.25) is 0 Å². The summed E-state index contributed by atoms with van der Waals surface area (Å²) in [4.78, 5) is 16.6. The van der Waals surface area contributed by atoms with E-state index in [1.807, 2.05) is 0 Å². The van der Waals surface area contributed by atoms with Crippen molar-refractivity contribution in [2.45, 2.75) is 37.3 Å². The SMILES string of the molecule is Cn1cnc(S(=O)(=O)N2CCC(CNC(=O)c3ccc(Cl)cc3Cl)(CC3CC3)CC2)n1. The average molecular weight is 486 g/mol. The highest BCUT2D eigenvalue weighted by Gasteiger charge is 2.43. The third-order valence-electron chi connectivity index (χ3n) is 6.15. The molecule has 31 heavy (non-hydrogen) atoms. The maximum Gasteiger partial charge on any atom is 0.282 e. The summed E-state index contributed by atoms with van der Waals surface area (Å²) in [7, 11) is -2.08. The number of hydrogen-bond acceptors (Lipinski definition) is 5. The molecule has 1 N–H and O–H groups in total. The summed E-state index contributed by atoms with van der Waals surface area (Å²) in [5.74, 6) is 0.404. The number of carbonyl (C=O) groups is 1. The van der Waals surface area contributed by atoms with Crippen LogP contribution >= 0.6 is 23.2 Å². The van der Waals surface area contributed by atoms with Gasteiger partial charge in [0.1, 0.15) is 6.33 Å². The van der Waals surface area contributed by atoms with Gasteiger partial charge < -0.3 is 5.32 Å². The van der Waals surface area contributed by atoms with Gasteiger partial charge in [-0.1, -0.05) is 36.0 Å². The highest BCUT2D eigenvalue weighted by molar-refractivity contribution is 7.88. The molecule has 0 atom stereocenters. The van der Waals surface area contributed by atoms with Crippen molar-refractivity contribution in [2.24, 2.45) is 18.4 Å². The van der Waals surface area contributed by atoms with Crippen LogP contribution in [0.1, 0.15) is 42.5 Å². The zero-order chi connectivity index (χ0) is 22.2. The normalized spacial score (nSPS) is 19.3. The van der Waals surface area contributed by atoms with Crippen LogP contribution < -0.4 is 5.32 Å². The van der Waals surface area contributed by atoms with Crippen LogP contribution in [-0.2, 0) is 17.1 Å². The highest BCUT2D eigenvalue weighted by atomic mass is 35.5. The van der Waals surface area contributed by atoms with Gasteiger partial charge in [-0.25, -0.2) is 13.4 Å². The molecule has 1 saturated carbocycles. The Kier molecular flexibility index (Phi) is 6.31. The Hall–Kier alpha value is -1.68. The van der Waals surface area contributed by atoms with Gasteiger partial charge in [0, 0.05) is 31.7 Å². The molecule has 8 nitrogen and oxygen atoms in total. The van der Waals surface area contributed by atoms with Crippen LogP contribution in [0.5, 0.6) is 0 Å². The first-order chi connectivity index (χ1) is 14.7. The minimum Gasteiger partial charge on any atom is -0.351 e. The van der Waals surface area contributed by atoms with E-state index in [4.69, 9.17) is 23.2 Å². The largest absolute Gasteiger partial charge is 0.351 e. The minimum absolute atomic E-state index is 0.140. The van der Waals surface area contributed by atoms with Gasteiger partial charge in [0.15, 0.2) is 0 Å². The van der Waals surface area contributed by atoms with Crippen LogP contribution in [0, 0.1) is 11.3 Å². The Labute approximate surface area is 192 Å². The van der Waals surface area contributed by atoms with Gasteiger partial charge in [0.25, 0.3) is 21.1 Å². The first-order valence-electron chi connectivity index (χ1n) is 10.3. The third-order valence-corrected chi connectivity index (χ3v) is 8.39. The summed E-state index contributed by atoms with van der Waals surface area (Å²) >= 11 is 12.1. The van der Waals surface area contributed by atoms with Crippen LogP contribution in [0.25, 0.3) is 0 Å². The van der Waals surface area contributed by atoms with Crippen LogP contribution in [-0.4, -0.2) is 53.0 Å². The molecule has 2 aromatic rings. The van der Waals surface area contributed by atoms with Crippen LogP contribution in [0.2, 0.25) is 10.0 Å². The van der Waals surface area contributed by atoms with E-state index in [9.17, 15) is 13.2 Å². The fourth-order valence-corrected chi connectivity index (χ4v) is 5.98. The van der Waals surface area contributed by atoms with Gasteiger partial charge in [-0.2, -0.15) is 4.31 Å². The molecule has 0 unspecified atom stereocenters. The van der Waals surface area contributed by atoms with Crippen molar-refractivity contribution >= 4 is 39.1 Å². The Balaban J connectivity index is 1.44. The van der Waals surface area contributed by atoms with Gasteiger partial charge in [-0.05, 0) is 48.8 Å². The standard InChI is InChI=1S/C20H25Cl2N5O3S/c1-26-13-24-19(25-26)31(29,30)27-8-6-20(7-9-27,11-14-2-3-14)12-23-18(28)16-5-4-15(21)10-17(16)22/h4-5,10,13-14H,2-3,6-9,11-12H2,1H3,(H,23,28). The molecule has 1 aromatic carbocycles. The summed E-state index contributed by atoms with van der Waals surface area (Å²) < 4.78 is 28.5. The van der Waals surface area contributed by atoms with E-state index in [-0.39, 0.29) is 16.5 Å². The molecule has 1 aliphatic carbocycles. The lowest BCUT2D eigenvalue weighted by atomic mass is 9.74. The number of amides is 1. The first kappa shape index (κ1) is 22.5. The van der Waals surface area contributed by atoms with E-state index in [2.05, 4.69) is 15.4 Å². The lowest BCUT2D eigenvalue weighted by Gasteiger charge is -2.41. The van der Waals surface area contributed by atoms with E-state index >= 15 is 0 Å². The zero-order valence-electron chi connectivity index (χ0n) is 17.2. The monoisotopic (exact) mass is 485 g/mol. The van der Waals surface area contributed by atoms with Crippen molar-refractivity contribution in [1.82, 2.24) is 24.4 Å². The zero-order valence-corrected chi connectivity index (χ0v) is 19.5. The maximum absolute atomic E-state index is 12.9. The van der Waals surface area contributed by atoms with Crippen molar-refractivity contribution in [1.29, 1.82) is 0 Å². The van der Waals surface area contributed by atoms with E-state index < -0.39 is 10.0 Å². The third kappa shape index (κ3) is 5.05. The second kappa shape index (κ2) is 8.69. The number of carbonyl (C=O) groups excluding carboxylic acids is 1. The molecular formula is C20H25Cl2N5O3S. The summed E-state index contributed by atoms with van der Waals surface area (Å²) in [5, 5.41) is 7.60. The Morgan fingerprint density at radius 2 is 1.97 bits per heavy atom. The maximum atomic E-state index is 12.9. The second-order valence-electron chi connectivity index (χ2n) is 8.56. The average Bonchev–Trinajstić information content (AvgIpc) is 3.42. The molecule has 2 fully saturated rings. The van der Waals surface area contributed by atoms with Crippen molar-refractivity contribution in [2.75, 3.05) is 19.6 Å². The Morgan fingerprint density at radius 1 is 1.26 bits per heavy atom. The number of aryl methyl sites for hydroxylation is 1. The predicted molar refractivity (Wildman–Crippen MR) is 118 cm³/mol. The quantitative estimate of drug-likeness (QED) is 0.649. The Morgan fingerprint density at radius 3 is 2.55 bits per heavy atom. The number of sulfonamides is 1. The molecule has 1 amide bonds. The number of rotatable bonds is 7. The predicted octanol–water partition coefficient (Wildman–Crippen LogP) is 3.12. The summed E-state index contributed by atoms with van der Waals surface area (Å²) in [6.45, 7) is 1.24. The molecule has 4 rings (SSSR count). The number of nitrogens with zero attached hydrogens (tertiary/aromatic N) is 4. The molecule has 1 aromatic heterocycles. The van der Waals surface area contributed by atoms with Crippen LogP contribution in [0.4, 0.5) is 0 Å². The molecule has 0 bridgehead atoms. The number of halogens is 2. The molecule has 2 heterocycles. The number of nitrogens with one attached hydrogen (secondary N) is 1. The topological polar surface area (TPSA) is 97.2 Å². The molecular weight excluding hydrogens is 461 g/mol. The Bertz CT molecular complexity index is 1080. The van der Waals surface area contributed by atoms with E-state index in [0.717, 1.165) is 6.42 Å². The summed E-state index contributed by atoms with van der Waals surface area (Å²) in [6, 6.07) is 4.80. The van der Waals surface area contributed by atoms with Crippen LogP contribution in [0.3, 0.4) is 0 Å². The van der Waals surface area contributed by atoms with Gasteiger partial charge >= 0.3 is 0 Å². The van der Waals surface area contributed by atoms with Crippen molar-refractivity contribution in [3.63, 3.8) is 0 Å². The summed E-state index contributed by atoms with van der Waals surface area (Å²) in [6.07, 6.45) is 6.09. The number of benzene rings is 1. The number of hydrogen-bond donors (Lipinski definition) is 1. The van der Waals surface area contributed by atoms with E-state index in [1.54, 1.807) is 25.2 Å². The lowest BCUT2D eigenvalue weighted by Crippen LogP contribution is -2.48. The molecule has 11 heteroatoms. The smallest absolute Gasteiger partial charge is 0.282 e. The molecule has 0 spiro atoms. The van der Waals surface area contributed by atoms with Crippen molar-refractivity contribution < 1.29 is 13.2 Å².